The lowest BCUT2D eigenvalue weighted by atomic mass is 10.1. The zero-order valence-corrected chi connectivity index (χ0v) is 10.6. The summed E-state index contributed by atoms with van der Waals surface area (Å²) in [6.07, 6.45) is 0. The van der Waals surface area contributed by atoms with Gasteiger partial charge in [0.25, 0.3) is 5.91 Å². The van der Waals surface area contributed by atoms with Crippen LogP contribution >= 0.6 is 15.9 Å². The van der Waals surface area contributed by atoms with E-state index in [1.807, 2.05) is 0 Å². The van der Waals surface area contributed by atoms with Crippen molar-refractivity contribution < 1.29 is 19.1 Å². The Morgan fingerprint density at radius 2 is 2.18 bits per heavy atom. The highest BCUT2D eigenvalue weighted by atomic mass is 79.9. The van der Waals surface area contributed by atoms with Gasteiger partial charge in [-0.2, -0.15) is 0 Å². The quantitative estimate of drug-likeness (QED) is 0.894. The summed E-state index contributed by atoms with van der Waals surface area (Å²) < 4.78 is 13.7. The molecule has 0 fully saturated rings. The van der Waals surface area contributed by atoms with E-state index in [0.29, 0.717) is 4.47 Å². The second-order valence-electron chi connectivity index (χ2n) is 3.55. The van der Waals surface area contributed by atoms with E-state index in [-0.39, 0.29) is 12.1 Å². The second-order valence-corrected chi connectivity index (χ2v) is 4.40. The Balaban J connectivity index is 2.74. The van der Waals surface area contributed by atoms with Crippen molar-refractivity contribution in [2.45, 2.75) is 6.92 Å². The van der Waals surface area contributed by atoms with Gasteiger partial charge in [0.2, 0.25) is 0 Å². The van der Waals surface area contributed by atoms with E-state index in [1.165, 1.54) is 19.1 Å². The Morgan fingerprint density at radius 1 is 1.53 bits per heavy atom. The van der Waals surface area contributed by atoms with Crippen molar-refractivity contribution in [3.05, 3.63) is 34.1 Å². The van der Waals surface area contributed by atoms with E-state index in [0.717, 1.165) is 0 Å². The minimum Gasteiger partial charge on any atom is -0.481 e. The fourth-order valence-corrected chi connectivity index (χ4v) is 1.66. The predicted molar refractivity (Wildman–Crippen MR) is 63.2 cm³/mol. The first kappa shape index (κ1) is 13.6. The highest BCUT2D eigenvalue weighted by molar-refractivity contribution is 9.10. The molecule has 1 aromatic carbocycles. The van der Waals surface area contributed by atoms with Gasteiger partial charge in [-0.1, -0.05) is 13.0 Å². The molecule has 4 nitrogen and oxygen atoms in total. The number of hydrogen-bond acceptors (Lipinski definition) is 2. The normalized spacial score (nSPS) is 11.9. The monoisotopic (exact) mass is 303 g/mol. The first-order valence-corrected chi connectivity index (χ1v) is 5.67. The predicted octanol–water partition coefficient (Wildman–Crippen LogP) is 2.04. The molecule has 0 saturated heterocycles. The Bertz CT molecular complexity index is 430. The summed E-state index contributed by atoms with van der Waals surface area (Å²) in [5.74, 6) is -3.02. The van der Waals surface area contributed by atoms with Crippen LogP contribution in [0, 0.1) is 11.7 Å². The molecule has 1 unspecified atom stereocenters. The molecule has 0 spiro atoms. The number of carboxylic acids is 1. The maximum absolute atomic E-state index is 13.4. The summed E-state index contributed by atoms with van der Waals surface area (Å²) in [5, 5.41) is 11.0. The molecule has 6 heteroatoms. The number of aliphatic carboxylic acids is 1. The Labute approximate surface area is 106 Å². The van der Waals surface area contributed by atoms with Crippen molar-refractivity contribution in [1.29, 1.82) is 0 Å². The summed E-state index contributed by atoms with van der Waals surface area (Å²) in [7, 11) is 0. The largest absolute Gasteiger partial charge is 0.481 e. The average molecular weight is 304 g/mol. The fourth-order valence-electron chi connectivity index (χ4n) is 1.14. The maximum Gasteiger partial charge on any atom is 0.308 e. The Hall–Kier alpha value is -1.43. The van der Waals surface area contributed by atoms with Crippen molar-refractivity contribution in [2.75, 3.05) is 6.54 Å². The smallest absolute Gasteiger partial charge is 0.308 e. The Morgan fingerprint density at radius 3 is 2.71 bits per heavy atom. The number of hydrogen-bond donors (Lipinski definition) is 2. The first-order valence-electron chi connectivity index (χ1n) is 4.88. The molecular formula is C11H11BrFNO3. The zero-order chi connectivity index (χ0) is 13.0. The van der Waals surface area contributed by atoms with Gasteiger partial charge < -0.3 is 10.4 Å². The van der Waals surface area contributed by atoms with Gasteiger partial charge in [-0.05, 0) is 28.1 Å². The summed E-state index contributed by atoms with van der Waals surface area (Å²) in [6, 6.07) is 4.18. The van der Waals surface area contributed by atoms with Crippen LogP contribution in [-0.2, 0) is 4.79 Å². The Kier molecular flexibility index (Phi) is 4.62. The van der Waals surface area contributed by atoms with Crippen LogP contribution in [0.5, 0.6) is 0 Å². The topological polar surface area (TPSA) is 66.4 Å². The van der Waals surface area contributed by atoms with E-state index < -0.39 is 23.6 Å². The summed E-state index contributed by atoms with van der Waals surface area (Å²) >= 11 is 3.07. The molecule has 1 rings (SSSR count). The number of benzene rings is 1. The van der Waals surface area contributed by atoms with Crippen molar-refractivity contribution in [1.82, 2.24) is 5.32 Å². The van der Waals surface area contributed by atoms with Crippen LogP contribution in [0.3, 0.4) is 0 Å². The first-order chi connectivity index (χ1) is 7.93. The van der Waals surface area contributed by atoms with Gasteiger partial charge in [0.15, 0.2) is 0 Å². The van der Waals surface area contributed by atoms with Crippen molar-refractivity contribution in [3.8, 4) is 0 Å². The SMILES string of the molecule is CC(CNC(=O)c1c(F)cccc1Br)C(=O)O. The molecule has 0 aromatic heterocycles. The van der Waals surface area contributed by atoms with E-state index in [4.69, 9.17) is 5.11 Å². The zero-order valence-electron chi connectivity index (χ0n) is 9.04. The van der Waals surface area contributed by atoms with Crippen molar-refractivity contribution in [3.63, 3.8) is 0 Å². The van der Waals surface area contributed by atoms with Crippen LogP contribution < -0.4 is 5.32 Å². The van der Waals surface area contributed by atoms with Gasteiger partial charge in [0, 0.05) is 11.0 Å². The lowest BCUT2D eigenvalue weighted by Gasteiger charge is -2.10. The average Bonchev–Trinajstić information content (AvgIpc) is 2.25. The van der Waals surface area contributed by atoms with E-state index in [9.17, 15) is 14.0 Å². The number of carbonyl (C=O) groups is 2. The number of rotatable bonds is 4. The number of nitrogens with one attached hydrogen (secondary N) is 1. The van der Waals surface area contributed by atoms with E-state index in [2.05, 4.69) is 21.2 Å². The van der Waals surface area contributed by atoms with Crippen LogP contribution in [0.1, 0.15) is 17.3 Å². The summed E-state index contributed by atoms with van der Waals surface area (Å²) in [6.45, 7) is 1.41. The third-order valence-corrected chi connectivity index (χ3v) is 2.84. The summed E-state index contributed by atoms with van der Waals surface area (Å²) in [4.78, 5) is 22.2. The molecule has 0 saturated carbocycles. The molecule has 1 aromatic rings. The minimum atomic E-state index is -1.02. The lowest BCUT2D eigenvalue weighted by molar-refractivity contribution is -0.140. The molecule has 1 amide bonds. The van der Waals surface area contributed by atoms with Crippen LogP contribution in [0.4, 0.5) is 4.39 Å². The minimum absolute atomic E-state index is 0.0467. The maximum atomic E-state index is 13.4. The highest BCUT2D eigenvalue weighted by Gasteiger charge is 2.17. The number of amides is 1. The molecule has 0 aliphatic heterocycles. The molecule has 92 valence electrons. The molecule has 0 bridgehead atoms. The molecule has 0 aliphatic carbocycles. The number of halogens is 2. The molecule has 0 radical (unpaired) electrons. The third-order valence-electron chi connectivity index (χ3n) is 2.18. The number of carboxylic acid groups (broad SMARTS) is 1. The highest BCUT2D eigenvalue weighted by Crippen LogP contribution is 2.19. The molecule has 17 heavy (non-hydrogen) atoms. The molecule has 1 atom stereocenters. The molecule has 0 aliphatic rings. The van der Waals surface area contributed by atoms with Gasteiger partial charge in [-0.3, -0.25) is 9.59 Å². The van der Waals surface area contributed by atoms with Gasteiger partial charge in [-0.25, -0.2) is 4.39 Å². The fraction of sp³-hybridized carbons (Fsp3) is 0.273. The standard InChI is InChI=1S/C11H11BrFNO3/c1-6(11(16)17)5-14-10(15)9-7(12)3-2-4-8(9)13/h2-4,6H,5H2,1H3,(H,14,15)(H,16,17). The van der Waals surface area contributed by atoms with Crippen LogP contribution in [0.2, 0.25) is 0 Å². The van der Waals surface area contributed by atoms with Crippen LogP contribution in [0.15, 0.2) is 22.7 Å². The molecule has 0 heterocycles. The van der Waals surface area contributed by atoms with Crippen LogP contribution in [0.25, 0.3) is 0 Å². The molecule has 2 N–H and O–H groups in total. The van der Waals surface area contributed by atoms with Gasteiger partial charge in [0.1, 0.15) is 5.82 Å². The number of carbonyl (C=O) groups excluding carboxylic acids is 1. The lowest BCUT2D eigenvalue weighted by Crippen LogP contribution is -2.32. The summed E-state index contributed by atoms with van der Waals surface area (Å²) in [5.41, 5.74) is -0.120. The third kappa shape index (κ3) is 3.52. The van der Waals surface area contributed by atoms with Crippen LogP contribution in [-0.4, -0.2) is 23.5 Å². The van der Waals surface area contributed by atoms with E-state index >= 15 is 0 Å². The van der Waals surface area contributed by atoms with Gasteiger partial charge in [-0.15, -0.1) is 0 Å². The van der Waals surface area contributed by atoms with Crippen molar-refractivity contribution >= 4 is 27.8 Å². The second kappa shape index (κ2) is 5.77. The van der Waals surface area contributed by atoms with Gasteiger partial charge >= 0.3 is 5.97 Å². The molecular weight excluding hydrogens is 293 g/mol. The van der Waals surface area contributed by atoms with Crippen molar-refractivity contribution in [2.24, 2.45) is 5.92 Å². The van der Waals surface area contributed by atoms with Gasteiger partial charge in [0.05, 0.1) is 11.5 Å². The van der Waals surface area contributed by atoms with E-state index in [1.54, 1.807) is 6.07 Å².